The number of nitro groups is 1. The molecule has 0 saturated heterocycles. The van der Waals surface area contributed by atoms with E-state index in [1.165, 1.54) is 24.1 Å². The lowest BCUT2D eigenvalue weighted by atomic mass is 9.94. The van der Waals surface area contributed by atoms with Crippen LogP contribution in [0.4, 0.5) is 10.5 Å². The zero-order valence-electron chi connectivity index (χ0n) is 14.7. The summed E-state index contributed by atoms with van der Waals surface area (Å²) < 4.78 is 10.1. The molecule has 1 amide bonds. The number of esters is 1. The SMILES string of the molecule is COC(=O)[C@H]1Cc2ccc([N+](=O)[O-])cc2CN1C(=O)OCc1ccccc1. The maximum atomic E-state index is 12.6. The Bertz CT molecular complexity index is 868. The summed E-state index contributed by atoms with van der Waals surface area (Å²) in [7, 11) is 1.25. The molecule has 0 N–H and O–H groups in total. The Morgan fingerprint density at radius 2 is 1.93 bits per heavy atom. The number of nitrogens with zero attached hydrogens (tertiary/aromatic N) is 2. The van der Waals surface area contributed by atoms with Gasteiger partial charge in [-0.2, -0.15) is 0 Å². The van der Waals surface area contributed by atoms with Crippen molar-refractivity contribution in [2.75, 3.05) is 7.11 Å². The van der Waals surface area contributed by atoms with E-state index in [1.807, 2.05) is 30.3 Å². The van der Waals surface area contributed by atoms with Crippen molar-refractivity contribution in [1.82, 2.24) is 4.90 Å². The number of carbonyl (C=O) groups is 2. The first-order valence-corrected chi connectivity index (χ1v) is 8.31. The van der Waals surface area contributed by atoms with E-state index in [2.05, 4.69) is 0 Å². The number of benzene rings is 2. The van der Waals surface area contributed by atoms with Crippen LogP contribution in [0.1, 0.15) is 16.7 Å². The zero-order chi connectivity index (χ0) is 19.4. The van der Waals surface area contributed by atoms with Crippen molar-refractivity contribution in [1.29, 1.82) is 0 Å². The number of fused-ring (bicyclic) bond motifs is 1. The molecule has 0 unspecified atom stereocenters. The maximum Gasteiger partial charge on any atom is 0.411 e. The minimum Gasteiger partial charge on any atom is -0.467 e. The third-order valence-electron chi connectivity index (χ3n) is 4.44. The summed E-state index contributed by atoms with van der Waals surface area (Å²) in [6.07, 6.45) is -0.466. The Balaban J connectivity index is 1.82. The summed E-state index contributed by atoms with van der Waals surface area (Å²) in [5.74, 6) is -0.560. The van der Waals surface area contributed by atoms with Crippen LogP contribution in [0.2, 0.25) is 0 Å². The van der Waals surface area contributed by atoms with Crippen LogP contribution in [-0.2, 0) is 33.8 Å². The molecule has 0 spiro atoms. The Kier molecular flexibility index (Phi) is 5.35. The molecule has 8 nitrogen and oxygen atoms in total. The van der Waals surface area contributed by atoms with Crippen LogP contribution in [-0.4, -0.2) is 35.0 Å². The van der Waals surface area contributed by atoms with E-state index in [-0.39, 0.29) is 25.3 Å². The lowest BCUT2D eigenvalue weighted by Crippen LogP contribution is -2.49. The van der Waals surface area contributed by atoms with Crippen LogP contribution in [0.5, 0.6) is 0 Å². The summed E-state index contributed by atoms with van der Waals surface area (Å²) in [4.78, 5) is 36.5. The number of ether oxygens (including phenoxy) is 2. The summed E-state index contributed by atoms with van der Waals surface area (Å²) in [6.45, 7) is 0.0935. The number of hydrogen-bond donors (Lipinski definition) is 0. The normalized spacial score (nSPS) is 15.6. The Morgan fingerprint density at radius 3 is 2.59 bits per heavy atom. The monoisotopic (exact) mass is 370 g/mol. The number of amides is 1. The maximum absolute atomic E-state index is 12.6. The van der Waals surface area contributed by atoms with Crippen LogP contribution in [0.3, 0.4) is 0 Å². The minimum absolute atomic E-state index is 0.0321. The molecular weight excluding hydrogens is 352 g/mol. The lowest BCUT2D eigenvalue weighted by Gasteiger charge is -2.34. The van der Waals surface area contributed by atoms with Gasteiger partial charge in [-0.15, -0.1) is 0 Å². The molecule has 2 aromatic rings. The first kappa shape index (κ1) is 18.4. The second kappa shape index (κ2) is 7.86. The van der Waals surface area contributed by atoms with Gasteiger partial charge in [-0.3, -0.25) is 15.0 Å². The summed E-state index contributed by atoms with van der Waals surface area (Å²) in [5.41, 5.74) is 2.13. The molecule has 1 atom stereocenters. The van der Waals surface area contributed by atoms with Crippen molar-refractivity contribution in [3.63, 3.8) is 0 Å². The van der Waals surface area contributed by atoms with Crippen molar-refractivity contribution in [3.05, 3.63) is 75.3 Å². The molecule has 3 rings (SSSR count). The fourth-order valence-corrected chi connectivity index (χ4v) is 3.03. The number of carbonyl (C=O) groups excluding carboxylic acids is 2. The van der Waals surface area contributed by atoms with Crippen molar-refractivity contribution < 1.29 is 24.0 Å². The van der Waals surface area contributed by atoms with E-state index >= 15 is 0 Å². The van der Waals surface area contributed by atoms with Gasteiger partial charge >= 0.3 is 12.1 Å². The number of methoxy groups -OCH3 is 1. The van der Waals surface area contributed by atoms with Gasteiger partial charge in [-0.25, -0.2) is 9.59 Å². The first-order valence-electron chi connectivity index (χ1n) is 8.31. The highest BCUT2D eigenvalue weighted by Crippen LogP contribution is 2.28. The van der Waals surface area contributed by atoms with Crippen LogP contribution < -0.4 is 0 Å². The topological polar surface area (TPSA) is 99.0 Å². The molecule has 0 aliphatic carbocycles. The van der Waals surface area contributed by atoms with Gasteiger partial charge in [0.15, 0.2) is 0 Å². The molecule has 0 bridgehead atoms. The second-order valence-corrected chi connectivity index (χ2v) is 6.12. The van der Waals surface area contributed by atoms with E-state index in [0.29, 0.717) is 5.56 Å². The molecule has 2 aromatic carbocycles. The molecule has 1 heterocycles. The van der Waals surface area contributed by atoms with E-state index in [1.54, 1.807) is 6.07 Å². The first-order chi connectivity index (χ1) is 13.0. The van der Waals surface area contributed by atoms with Gasteiger partial charge in [0.25, 0.3) is 5.69 Å². The molecule has 8 heteroatoms. The van der Waals surface area contributed by atoms with E-state index < -0.39 is 23.0 Å². The number of hydrogen-bond acceptors (Lipinski definition) is 6. The number of non-ortho nitro benzene ring substituents is 1. The lowest BCUT2D eigenvalue weighted by molar-refractivity contribution is -0.385. The van der Waals surface area contributed by atoms with Gasteiger partial charge in [0.2, 0.25) is 0 Å². The van der Waals surface area contributed by atoms with Crippen molar-refractivity contribution in [3.8, 4) is 0 Å². The summed E-state index contributed by atoms with van der Waals surface area (Å²) in [5, 5.41) is 11.0. The predicted molar refractivity (Wildman–Crippen MR) is 94.8 cm³/mol. The van der Waals surface area contributed by atoms with Crippen LogP contribution in [0.15, 0.2) is 48.5 Å². The van der Waals surface area contributed by atoms with Gasteiger partial charge in [0, 0.05) is 18.6 Å². The quantitative estimate of drug-likeness (QED) is 0.466. The summed E-state index contributed by atoms with van der Waals surface area (Å²) in [6, 6.07) is 12.7. The second-order valence-electron chi connectivity index (χ2n) is 6.12. The molecule has 140 valence electrons. The van der Waals surface area contributed by atoms with E-state index in [4.69, 9.17) is 9.47 Å². The minimum atomic E-state index is -0.841. The Hall–Kier alpha value is -3.42. The predicted octanol–water partition coefficient (Wildman–Crippen LogP) is 2.83. The molecule has 0 fully saturated rings. The third kappa shape index (κ3) is 4.05. The fraction of sp³-hybridized carbons (Fsp3) is 0.263. The van der Waals surface area contributed by atoms with Gasteiger partial charge in [0.1, 0.15) is 12.6 Å². The number of nitro benzene ring substituents is 1. The van der Waals surface area contributed by atoms with Crippen LogP contribution in [0, 0.1) is 10.1 Å². The van der Waals surface area contributed by atoms with Crippen molar-refractivity contribution in [2.24, 2.45) is 0 Å². The fourth-order valence-electron chi connectivity index (χ4n) is 3.03. The standard InChI is InChI=1S/C19H18N2O6/c1-26-18(22)17-10-14-7-8-16(21(24)25)9-15(14)11-20(17)19(23)27-12-13-5-3-2-4-6-13/h2-9,17H,10-12H2,1H3/t17-/m1/s1. The van der Waals surface area contributed by atoms with E-state index in [9.17, 15) is 19.7 Å². The third-order valence-corrected chi connectivity index (χ3v) is 4.44. The molecule has 1 aliphatic heterocycles. The zero-order valence-corrected chi connectivity index (χ0v) is 14.7. The average Bonchev–Trinajstić information content (AvgIpc) is 2.70. The van der Waals surface area contributed by atoms with Crippen LogP contribution in [0.25, 0.3) is 0 Å². The average molecular weight is 370 g/mol. The Morgan fingerprint density at radius 1 is 1.19 bits per heavy atom. The van der Waals surface area contributed by atoms with Crippen molar-refractivity contribution >= 4 is 17.7 Å². The highest BCUT2D eigenvalue weighted by atomic mass is 16.6. The largest absolute Gasteiger partial charge is 0.467 e. The van der Waals surface area contributed by atoms with Crippen LogP contribution >= 0.6 is 0 Å². The van der Waals surface area contributed by atoms with Gasteiger partial charge in [-0.05, 0) is 16.7 Å². The molecular formula is C19H18N2O6. The molecule has 0 saturated carbocycles. The molecule has 27 heavy (non-hydrogen) atoms. The highest BCUT2D eigenvalue weighted by Gasteiger charge is 2.37. The molecule has 1 aliphatic rings. The van der Waals surface area contributed by atoms with Gasteiger partial charge in [0.05, 0.1) is 18.6 Å². The van der Waals surface area contributed by atoms with Gasteiger partial charge in [-0.1, -0.05) is 36.4 Å². The van der Waals surface area contributed by atoms with E-state index in [0.717, 1.165) is 11.1 Å². The molecule has 0 radical (unpaired) electrons. The van der Waals surface area contributed by atoms with Crippen molar-refractivity contribution in [2.45, 2.75) is 25.6 Å². The molecule has 0 aromatic heterocycles. The Labute approximate surface area is 155 Å². The smallest absolute Gasteiger partial charge is 0.411 e. The number of rotatable bonds is 4. The summed E-state index contributed by atoms with van der Waals surface area (Å²) >= 11 is 0. The van der Waals surface area contributed by atoms with Gasteiger partial charge < -0.3 is 9.47 Å². The highest BCUT2D eigenvalue weighted by molar-refractivity contribution is 5.82.